The molecular weight excluding hydrogens is 240 g/mol. The average molecular weight is 260 g/mol. The molecule has 102 valence electrons. The summed E-state index contributed by atoms with van der Waals surface area (Å²) >= 11 is 0. The highest BCUT2D eigenvalue weighted by atomic mass is 15.2. The third-order valence-electron chi connectivity index (χ3n) is 3.70. The number of fused-ring (bicyclic) bond motifs is 1. The van der Waals surface area contributed by atoms with E-state index in [4.69, 9.17) is 0 Å². The SMILES string of the molecule is CCNCC1CCCN(c2ncnc3nc[nH]c23)C1. The highest BCUT2D eigenvalue weighted by Crippen LogP contribution is 2.25. The largest absolute Gasteiger partial charge is 0.354 e. The molecule has 1 unspecified atom stereocenters. The average Bonchev–Trinajstić information content (AvgIpc) is 2.93. The number of hydrogen-bond acceptors (Lipinski definition) is 5. The number of H-pyrrole nitrogens is 1. The minimum atomic E-state index is 0.696. The molecule has 0 bridgehead atoms. The number of hydrogen-bond donors (Lipinski definition) is 2. The lowest BCUT2D eigenvalue weighted by molar-refractivity contribution is 0.394. The summed E-state index contributed by atoms with van der Waals surface area (Å²) in [5.74, 6) is 1.69. The van der Waals surface area contributed by atoms with E-state index in [1.54, 1.807) is 12.7 Å². The van der Waals surface area contributed by atoms with Gasteiger partial charge in [-0.3, -0.25) is 0 Å². The van der Waals surface area contributed by atoms with Crippen LogP contribution in [0.1, 0.15) is 19.8 Å². The normalized spacial score (nSPS) is 20.1. The van der Waals surface area contributed by atoms with E-state index in [-0.39, 0.29) is 0 Å². The van der Waals surface area contributed by atoms with Crippen molar-refractivity contribution in [3.63, 3.8) is 0 Å². The summed E-state index contributed by atoms with van der Waals surface area (Å²) in [5, 5.41) is 3.44. The zero-order valence-electron chi connectivity index (χ0n) is 11.3. The van der Waals surface area contributed by atoms with Gasteiger partial charge in [-0.15, -0.1) is 0 Å². The van der Waals surface area contributed by atoms with E-state index in [9.17, 15) is 0 Å². The number of aromatic nitrogens is 4. The summed E-state index contributed by atoms with van der Waals surface area (Å²) in [5.41, 5.74) is 1.70. The van der Waals surface area contributed by atoms with Crippen LogP contribution in [0, 0.1) is 5.92 Å². The molecule has 0 amide bonds. The molecule has 3 heterocycles. The fourth-order valence-corrected chi connectivity index (χ4v) is 2.76. The van der Waals surface area contributed by atoms with Gasteiger partial charge in [-0.2, -0.15) is 0 Å². The maximum Gasteiger partial charge on any atom is 0.182 e. The summed E-state index contributed by atoms with van der Waals surface area (Å²) in [6, 6.07) is 0. The Bertz CT molecular complexity index is 537. The Morgan fingerprint density at radius 2 is 2.37 bits per heavy atom. The number of nitrogens with zero attached hydrogens (tertiary/aromatic N) is 4. The van der Waals surface area contributed by atoms with Gasteiger partial charge in [-0.25, -0.2) is 15.0 Å². The minimum Gasteiger partial charge on any atom is -0.354 e. The molecule has 0 radical (unpaired) electrons. The van der Waals surface area contributed by atoms with Crippen LogP contribution in [-0.2, 0) is 0 Å². The van der Waals surface area contributed by atoms with Crippen LogP contribution in [0.2, 0.25) is 0 Å². The van der Waals surface area contributed by atoms with Crippen LogP contribution in [0.15, 0.2) is 12.7 Å². The maximum absolute atomic E-state index is 4.44. The molecule has 1 aliphatic heterocycles. The Morgan fingerprint density at radius 3 is 3.26 bits per heavy atom. The van der Waals surface area contributed by atoms with Gasteiger partial charge in [-0.1, -0.05) is 6.92 Å². The van der Waals surface area contributed by atoms with E-state index >= 15 is 0 Å². The summed E-state index contributed by atoms with van der Waals surface area (Å²) in [4.78, 5) is 18.3. The lowest BCUT2D eigenvalue weighted by Gasteiger charge is -2.33. The highest BCUT2D eigenvalue weighted by Gasteiger charge is 2.22. The summed E-state index contributed by atoms with van der Waals surface area (Å²) in [7, 11) is 0. The molecule has 2 aromatic heterocycles. The second-order valence-corrected chi connectivity index (χ2v) is 5.06. The first-order valence-corrected chi connectivity index (χ1v) is 6.98. The van der Waals surface area contributed by atoms with Crippen LogP contribution in [0.4, 0.5) is 5.82 Å². The molecule has 2 aromatic rings. The van der Waals surface area contributed by atoms with Crippen LogP contribution in [0.25, 0.3) is 11.2 Å². The summed E-state index contributed by atoms with van der Waals surface area (Å²) in [6.45, 7) is 6.39. The molecule has 0 aromatic carbocycles. The van der Waals surface area contributed by atoms with Crippen LogP contribution < -0.4 is 10.2 Å². The second-order valence-electron chi connectivity index (χ2n) is 5.06. The Kier molecular flexibility index (Phi) is 3.59. The molecule has 0 saturated carbocycles. The van der Waals surface area contributed by atoms with Gasteiger partial charge in [0, 0.05) is 13.1 Å². The summed E-state index contributed by atoms with van der Waals surface area (Å²) in [6.07, 6.45) is 5.80. The van der Waals surface area contributed by atoms with Crippen molar-refractivity contribution < 1.29 is 0 Å². The lowest BCUT2D eigenvalue weighted by atomic mass is 9.98. The molecule has 6 nitrogen and oxygen atoms in total. The Morgan fingerprint density at radius 1 is 1.42 bits per heavy atom. The number of aromatic amines is 1. The van der Waals surface area contributed by atoms with Gasteiger partial charge < -0.3 is 15.2 Å². The van der Waals surface area contributed by atoms with Gasteiger partial charge in [0.05, 0.1) is 6.33 Å². The van der Waals surface area contributed by atoms with Crippen molar-refractivity contribution in [3.05, 3.63) is 12.7 Å². The number of nitrogens with one attached hydrogen (secondary N) is 2. The van der Waals surface area contributed by atoms with E-state index in [2.05, 4.69) is 37.1 Å². The van der Waals surface area contributed by atoms with Crippen molar-refractivity contribution in [3.8, 4) is 0 Å². The molecule has 1 saturated heterocycles. The minimum absolute atomic E-state index is 0.696. The fourth-order valence-electron chi connectivity index (χ4n) is 2.76. The first kappa shape index (κ1) is 12.3. The molecular formula is C13H20N6. The number of imidazole rings is 1. The smallest absolute Gasteiger partial charge is 0.182 e. The molecule has 3 rings (SSSR count). The topological polar surface area (TPSA) is 69.7 Å². The first-order chi connectivity index (χ1) is 9.38. The van der Waals surface area contributed by atoms with Crippen molar-refractivity contribution in [2.45, 2.75) is 19.8 Å². The first-order valence-electron chi connectivity index (χ1n) is 6.98. The molecule has 0 aliphatic carbocycles. The van der Waals surface area contributed by atoms with E-state index < -0.39 is 0 Å². The predicted octanol–water partition coefficient (Wildman–Crippen LogP) is 1.18. The van der Waals surface area contributed by atoms with E-state index in [0.717, 1.165) is 43.2 Å². The second kappa shape index (κ2) is 5.52. The summed E-state index contributed by atoms with van der Waals surface area (Å²) < 4.78 is 0. The molecule has 0 spiro atoms. The van der Waals surface area contributed by atoms with Gasteiger partial charge in [0.1, 0.15) is 11.8 Å². The predicted molar refractivity (Wildman–Crippen MR) is 75.2 cm³/mol. The van der Waals surface area contributed by atoms with Crippen LogP contribution >= 0.6 is 0 Å². The lowest BCUT2D eigenvalue weighted by Crippen LogP contribution is -2.40. The van der Waals surface area contributed by atoms with Crippen molar-refractivity contribution in [2.75, 3.05) is 31.1 Å². The Labute approximate surface area is 112 Å². The Balaban J connectivity index is 1.79. The van der Waals surface area contributed by atoms with Gasteiger partial charge >= 0.3 is 0 Å². The van der Waals surface area contributed by atoms with Crippen LogP contribution in [0.3, 0.4) is 0 Å². The van der Waals surface area contributed by atoms with Gasteiger partial charge in [0.2, 0.25) is 0 Å². The van der Waals surface area contributed by atoms with E-state index in [0.29, 0.717) is 5.92 Å². The van der Waals surface area contributed by atoms with Crippen molar-refractivity contribution in [1.29, 1.82) is 0 Å². The van der Waals surface area contributed by atoms with E-state index in [1.807, 2.05) is 0 Å². The quantitative estimate of drug-likeness (QED) is 0.864. The zero-order chi connectivity index (χ0) is 13.1. The van der Waals surface area contributed by atoms with Crippen molar-refractivity contribution >= 4 is 17.0 Å². The molecule has 1 fully saturated rings. The molecule has 19 heavy (non-hydrogen) atoms. The van der Waals surface area contributed by atoms with Crippen LogP contribution in [-0.4, -0.2) is 46.1 Å². The highest BCUT2D eigenvalue weighted by molar-refractivity contribution is 5.82. The van der Waals surface area contributed by atoms with E-state index in [1.165, 1.54) is 12.8 Å². The van der Waals surface area contributed by atoms with Gasteiger partial charge in [0.25, 0.3) is 0 Å². The fraction of sp³-hybridized carbons (Fsp3) is 0.615. The maximum atomic E-state index is 4.44. The van der Waals surface area contributed by atoms with Crippen molar-refractivity contribution in [1.82, 2.24) is 25.3 Å². The molecule has 2 N–H and O–H groups in total. The number of piperidine rings is 1. The standard InChI is InChI=1S/C13H20N6/c1-2-14-6-10-4-3-5-19(7-10)13-11-12(16-8-15-11)17-9-18-13/h8-10,14H,2-7H2,1H3,(H,15,16,17,18). The van der Waals surface area contributed by atoms with Crippen molar-refractivity contribution in [2.24, 2.45) is 5.92 Å². The molecule has 1 atom stereocenters. The number of anilines is 1. The molecule has 6 heteroatoms. The van der Waals surface area contributed by atoms with Gasteiger partial charge in [-0.05, 0) is 31.8 Å². The zero-order valence-corrected chi connectivity index (χ0v) is 11.3. The third-order valence-corrected chi connectivity index (χ3v) is 3.70. The Hall–Kier alpha value is -1.69. The number of rotatable bonds is 4. The third kappa shape index (κ3) is 2.53. The monoisotopic (exact) mass is 260 g/mol. The molecule has 1 aliphatic rings. The van der Waals surface area contributed by atoms with Crippen LogP contribution in [0.5, 0.6) is 0 Å². The van der Waals surface area contributed by atoms with Gasteiger partial charge in [0.15, 0.2) is 11.5 Å².